The van der Waals surface area contributed by atoms with Gasteiger partial charge >= 0.3 is 5.97 Å². The molecule has 0 heterocycles. The smallest absolute Gasteiger partial charge is 0.303 e. The Morgan fingerprint density at radius 2 is 1.31 bits per heavy atom. The van der Waals surface area contributed by atoms with Crippen LogP contribution in [0.25, 0.3) is 0 Å². The summed E-state index contributed by atoms with van der Waals surface area (Å²) < 4.78 is 0. The number of carboxylic acid groups (broad SMARTS) is 1. The van der Waals surface area contributed by atoms with E-state index in [0.29, 0.717) is 6.42 Å². The van der Waals surface area contributed by atoms with Crippen molar-refractivity contribution in [2.75, 3.05) is 6.61 Å². The van der Waals surface area contributed by atoms with Gasteiger partial charge in [0.2, 0.25) is 0 Å². The number of rotatable bonds is 15. The van der Waals surface area contributed by atoms with Crippen LogP contribution in [0, 0.1) is 0 Å². The Kier molecular flexibility index (Phi) is 19.6. The molecule has 0 aromatic heterocycles. The van der Waals surface area contributed by atoms with Crippen LogP contribution in [-0.2, 0) is 9.59 Å². The number of carboxylic acids is 1. The second-order valence-electron chi connectivity index (χ2n) is 6.33. The van der Waals surface area contributed by atoms with Crippen LogP contribution >= 0.6 is 0 Å². The normalized spacial score (nSPS) is 15.3. The van der Waals surface area contributed by atoms with Crippen molar-refractivity contribution in [2.24, 2.45) is 0 Å². The molecule has 0 rings (SSSR count). The van der Waals surface area contributed by atoms with Crippen LogP contribution in [0.1, 0.15) is 71.1 Å². The zero-order chi connectivity index (χ0) is 20.4. The van der Waals surface area contributed by atoms with E-state index in [1.165, 1.54) is 44.9 Å². The highest BCUT2D eigenvalue weighted by Gasteiger charge is 2.29. The molecular weight excluding hydrogens is 344 g/mol. The average molecular weight is 380 g/mol. The van der Waals surface area contributed by atoms with Crippen molar-refractivity contribution in [1.29, 1.82) is 0 Å². The van der Waals surface area contributed by atoms with E-state index in [9.17, 15) is 9.59 Å². The van der Waals surface area contributed by atoms with Gasteiger partial charge in [0, 0.05) is 6.42 Å². The standard InChI is InChI=1S/C12H24O2.C6H12O6/c1-2-3-4-5-6-7-8-9-10-11-12(13)14;7-1-3(9)5(11)6(12)4(10)2-8/h2-11H2,1H3,(H,13,14);1,3-6,8-12H,2H2/t;3-,4+,5+,6+/m.0/s1. The molecule has 6 N–H and O–H groups in total. The zero-order valence-corrected chi connectivity index (χ0v) is 15.7. The number of aliphatic hydroxyl groups is 5. The molecule has 4 atom stereocenters. The maximum Gasteiger partial charge on any atom is 0.303 e. The van der Waals surface area contributed by atoms with Crippen LogP contribution in [0.3, 0.4) is 0 Å². The first-order valence-corrected chi connectivity index (χ1v) is 9.31. The molecule has 0 spiro atoms. The topological polar surface area (TPSA) is 156 Å². The number of unbranched alkanes of at least 4 members (excludes halogenated alkanes) is 8. The highest BCUT2D eigenvalue weighted by atomic mass is 16.4. The van der Waals surface area contributed by atoms with Crippen molar-refractivity contribution in [1.82, 2.24) is 0 Å². The molecule has 0 radical (unpaired) electrons. The average Bonchev–Trinajstić information content (AvgIpc) is 2.64. The Hall–Kier alpha value is -1.06. The Morgan fingerprint density at radius 3 is 1.69 bits per heavy atom. The summed E-state index contributed by atoms with van der Waals surface area (Å²) in [5, 5.41) is 51.9. The SMILES string of the molecule is CCCCCCCCCCCC(=O)O.O=C[C@H](O)[C@@H](O)[C@H](O)[C@H](O)CO. The highest BCUT2D eigenvalue weighted by Crippen LogP contribution is 2.10. The number of aliphatic hydroxyl groups excluding tert-OH is 5. The first kappa shape index (κ1) is 27.2. The van der Waals surface area contributed by atoms with Gasteiger partial charge in [-0.25, -0.2) is 0 Å². The van der Waals surface area contributed by atoms with E-state index in [0.717, 1.165) is 12.8 Å². The monoisotopic (exact) mass is 380 g/mol. The molecule has 8 nitrogen and oxygen atoms in total. The minimum Gasteiger partial charge on any atom is -0.481 e. The summed E-state index contributed by atoms with van der Waals surface area (Å²) in [4.78, 5) is 20.1. The maximum atomic E-state index is 10.2. The van der Waals surface area contributed by atoms with E-state index in [-0.39, 0.29) is 6.29 Å². The van der Waals surface area contributed by atoms with Crippen LogP contribution in [0.5, 0.6) is 0 Å². The first-order valence-electron chi connectivity index (χ1n) is 9.31. The van der Waals surface area contributed by atoms with E-state index in [4.69, 9.17) is 30.6 Å². The molecule has 0 aromatic carbocycles. The Balaban J connectivity index is 0. The van der Waals surface area contributed by atoms with Crippen molar-refractivity contribution in [2.45, 2.75) is 95.5 Å². The summed E-state index contributed by atoms with van der Waals surface area (Å²) in [5.41, 5.74) is 0. The molecule has 0 aromatic rings. The van der Waals surface area contributed by atoms with Crippen LogP contribution in [0.2, 0.25) is 0 Å². The quantitative estimate of drug-likeness (QED) is 0.178. The summed E-state index contributed by atoms with van der Waals surface area (Å²) >= 11 is 0. The van der Waals surface area contributed by atoms with E-state index in [2.05, 4.69) is 6.92 Å². The maximum absolute atomic E-state index is 10.2. The Labute approximate surface area is 155 Å². The molecule has 156 valence electrons. The molecule has 8 heteroatoms. The van der Waals surface area contributed by atoms with Gasteiger partial charge in [0.05, 0.1) is 6.61 Å². The minimum atomic E-state index is -1.79. The van der Waals surface area contributed by atoms with Crippen LogP contribution in [-0.4, -0.2) is 73.9 Å². The van der Waals surface area contributed by atoms with Crippen LogP contribution < -0.4 is 0 Å². The largest absolute Gasteiger partial charge is 0.481 e. The van der Waals surface area contributed by atoms with Crippen molar-refractivity contribution in [3.8, 4) is 0 Å². The van der Waals surface area contributed by atoms with Crippen LogP contribution in [0.15, 0.2) is 0 Å². The molecule has 0 aliphatic carbocycles. The van der Waals surface area contributed by atoms with Gasteiger partial charge < -0.3 is 35.4 Å². The number of aliphatic carboxylic acids is 1. The molecule has 0 amide bonds. The highest BCUT2D eigenvalue weighted by molar-refractivity contribution is 5.66. The lowest BCUT2D eigenvalue weighted by atomic mass is 10.0. The fourth-order valence-electron chi connectivity index (χ4n) is 2.21. The summed E-state index contributed by atoms with van der Waals surface area (Å²) in [6.07, 6.45) is 4.64. The first-order chi connectivity index (χ1) is 12.3. The van der Waals surface area contributed by atoms with Gasteiger partial charge in [0.25, 0.3) is 0 Å². The van der Waals surface area contributed by atoms with Crippen molar-refractivity contribution >= 4 is 12.3 Å². The number of hydrogen-bond acceptors (Lipinski definition) is 7. The molecule has 0 bridgehead atoms. The minimum absolute atomic E-state index is 0.0258. The molecule has 0 saturated heterocycles. The van der Waals surface area contributed by atoms with Crippen molar-refractivity contribution in [3.05, 3.63) is 0 Å². The second kappa shape index (κ2) is 18.7. The predicted octanol–water partition coefficient (Wildman–Crippen LogP) is 0.613. The van der Waals surface area contributed by atoms with E-state index < -0.39 is 37.0 Å². The van der Waals surface area contributed by atoms with Crippen molar-refractivity contribution < 1.29 is 40.2 Å². The Morgan fingerprint density at radius 1 is 0.846 bits per heavy atom. The number of carbonyl (C=O) groups excluding carboxylic acids is 1. The third-order valence-corrected chi connectivity index (χ3v) is 3.91. The summed E-state index contributed by atoms with van der Waals surface area (Å²) in [7, 11) is 0. The second-order valence-corrected chi connectivity index (χ2v) is 6.33. The van der Waals surface area contributed by atoms with Crippen molar-refractivity contribution in [3.63, 3.8) is 0 Å². The lowest BCUT2D eigenvalue weighted by Gasteiger charge is -2.22. The number of hydrogen-bond donors (Lipinski definition) is 6. The van der Waals surface area contributed by atoms with Gasteiger partial charge in [-0.3, -0.25) is 4.79 Å². The summed E-state index contributed by atoms with van der Waals surface area (Å²) in [6.45, 7) is 1.47. The molecule has 0 aliphatic heterocycles. The fourth-order valence-corrected chi connectivity index (χ4v) is 2.21. The molecule has 26 heavy (non-hydrogen) atoms. The van der Waals surface area contributed by atoms with Gasteiger partial charge in [0.1, 0.15) is 24.4 Å². The van der Waals surface area contributed by atoms with Gasteiger partial charge in [-0.15, -0.1) is 0 Å². The van der Waals surface area contributed by atoms with E-state index in [1.54, 1.807) is 0 Å². The van der Waals surface area contributed by atoms with E-state index >= 15 is 0 Å². The lowest BCUT2D eigenvalue weighted by molar-refractivity contribution is -0.137. The zero-order valence-electron chi connectivity index (χ0n) is 15.7. The van der Waals surface area contributed by atoms with Gasteiger partial charge in [-0.2, -0.15) is 0 Å². The number of aldehydes is 1. The van der Waals surface area contributed by atoms with E-state index in [1.807, 2.05) is 0 Å². The predicted molar refractivity (Wildman–Crippen MR) is 96.7 cm³/mol. The molecule has 0 saturated carbocycles. The molecular formula is C18H36O8. The van der Waals surface area contributed by atoms with Gasteiger partial charge in [-0.05, 0) is 6.42 Å². The lowest BCUT2D eigenvalue weighted by Crippen LogP contribution is -2.46. The Bertz CT molecular complexity index is 337. The summed E-state index contributed by atoms with van der Waals surface area (Å²) in [6, 6.07) is 0. The van der Waals surface area contributed by atoms with Gasteiger partial charge in [-0.1, -0.05) is 58.3 Å². The third-order valence-electron chi connectivity index (χ3n) is 3.91. The summed E-state index contributed by atoms with van der Waals surface area (Å²) in [5.74, 6) is -0.659. The van der Waals surface area contributed by atoms with Crippen LogP contribution in [0.4, 0.5) is 0 Å². The fraction of sp³-hybridized carbons (Fsp3) is 0.889. The molecule has 0 fully saturated rings. The number of carbonyl (C=O) groups is 2. The molecule has 0 unspecified atom stereocenters. The van der Waals surface area contributed by atoms with Gasteiger partial charge in [0.15, 0.2) is 6.29 Å². The third kappa shape index (κ3) is 16.4. The molecule has 0 aliphatic rings.